The van der Waals surface area contributed by atoms with Gasteiger partial charge in [0, 0.05) is 21.4 Å². The van der Waals surface area contributed by atoms with Crippen molar-refractivity contribution < 1.29 is 9.59 Å². The van der Waals surface area contributed by atoms with E-state index in [4.69, 9.17) is 0 Å². The van der Waals surface area contributed by atoms with E-state index in [1.165, 1.54) is 0 Å². The average molecular weight is 395 g/mol. The van der Waals surface area contributed by atoms with Gasteiger partial charge in [-0.1, -0.05) is 36.4 Å². The van der Waals surface area contributed by atoms with Gasteiger partial charge in [-0.2, -0.15) is 0 Å². The molecule has 5 heteroatoms. The topological polar surface area (TPSA) is 58.2 Å². The van der Waals surface area contributed by atoms with Crippen LogP contribution in [-0.4, -0.2) is 11.8 Å². The molecule has 0 saturated carbocycles. The van der Waals surface area contributed by atoms with Crippen LogP contribution in [0, 0.1) is 0 Å². The Morgan fingerprint density at radius 3 is 1.96 bits per heavy atom. The second-order valence-electron chi connectivity index (χ2n) is 5.33. The molecule has 0 radical (unpaired) electrons. The number of rotatable bonds is 4. The molecule has 0 spiro atoms. The van der Waals surface area contributed by atoms with E-state index in [9.17, 15) is 9.59 Å². The highest BCUT2D eigenvalue weighted by Gasteiger charge is 2.10. The molecule has 0 aliphatic heterocycles. The number of amides is 2. The molecule has 4 nitrogen and oxygen atoms in total. The van der Waals surface area contributed by atoms with Crippen LogP contribution in [0.2, 0.25) is 0 Å². The van der Waals surface area contributed by atoms with Crippen LogP contribution >= 0.6 is 15.9 Å². The van der Waals surface area contributed by atoms with Crippen molar-refractivity contribution in [1.29, 1.82) is 0 Å². The van der Waals surface area contributed by atoms with E-state index in [2.05, 4.69) is 26.6 Å². The summed E-state index contributed by atoms with van der Waals surface area (Å²) in [4.78, 5) is 24.6. The van der Waals surface area contributed by atoms with E-state index in [0.717, 1.165) is 4.47 Å². The van der Waals surface area contributed by atoms with Crippen LogP contribution in [0.15, 0.2) is 83.3 Å². The van der Waals surface area contributed by atoms with Gasteiger partial charge in [-0.3, -0.25) is 9.59 Å². The maximum Gasteiger partial charge on any atom is 0.256 e. The van der Waals surface area contributed by atoms with Gasteiger partial charge in [-0.15, -0.1) is 0 Å². The quantitative estimate of drug-likeness (QED) is 0.657. The molecule has 3 aromatic rings. The fourth-order valence-electron chi connectivity index (χ4n) is 2.31. The molecule has 0 saturated heterocycles. The van der Waals surface area contributed by atoms with Gasteiger partial charge in [-0.25, -0.2) is 0 Å². The molecule has 0 bridgehead atoms. The molecule has 2 amide bonds. The molecule has 0 fully saturated rings. The standard InChI is InChI=1S/C20H15BrN2O2/c21-18-12-5-4-11-17(18)20(25)23-16-10-6-9-15(13-16)22-19(24)14-7-2-1-3-8-14/h1-13H,(H,22,24)(H,23,25). The fraction of sp³-hybridized carbons (Fsp3) is 0. The van der Waals surface area contributed by atoms with Gasteiger partial charge < -0.3 is 10.6 Å². The SMILES string of the molecule is O=C(Nc1cccc(NC(=O)c2ccccc2Br)c1)c1ccccc1. The summed E-state index contributed by atoms with van der Waals surface area (Å²) >= 11 is 3.37. The first kappa shape index (κ1) is 16.9. The maximum atomic E-state index is 12.4. The molecule has 3 aromatic carbocycles. The Bertz CT molecular complexity index is 910. The Kier molecular flexibility index (Phi) is 5.26. The van der Waals surface area contributed by atoms with Gasteiger partial charge in [0.15, 0.2) is 0 Å². The van der Waals surface area contributed by atoms with E-state index in [0.29, 0.717) is 22.5 Å². The largest absolute Gasteiger partial charge is 0.322 e. The predicted molar refractivity (Wildman–Crippen MR) is 103 cm³/mol. The lowest BCUT2D eigenvalue weighted by Crippen LogP contribution is -2.14. The third-order valence-corrected chi connectivity index (χ3v) is 4.22. The first-order valence-corrected chi connectivity index (χ1v) is 8.45. The van der Waals surface area contributed by atoms with E-state index < -0.39 is 0 Å². The number of hydrogen-bond donors (Lipinski definition) is 2. The number of anilines is 2. The van der Waals surface area contributed by atoms with Crippen LogP contribution in [0.1, 0.15) is 20.7 Å². The normalized spacial score (nSPS) is 10.1. The minimum Gasteiger partial charge on any atom is -0.322 e. The van der Waals surface area contributed by atoms with Crippen LogP contribution < -0.4 is 10.6 Å². The van der Waals surface area contributed by atoms with E-state index >= 15 is 0 Å². The molecule has 0 heterocycles. The zero-order valence-corrected chi connectivity index (χ0v) is 14.8. The first-order valence-electron chi connectivity index (χ1n) is 7.66. The van der Waals surface area contributed by atoms with Crippen LogP contribution in [0.25, 0.3) is 0 Å². The lowest BCUT2D eigenvalue weighted by molar-refractivity contribution is 0.101. The zero-order valence-electron chi connectivity index (χ0n) is 13.2. The highest BCUT2D eigenvalue weighted by Crippen LogP contribution is 2.20. The highest BCUT2D eigenvalue weighted by molar-refractivity contribution is 9.10. The third kappa shape index (κ3) is 4.33. The molecule has 0 aliphatic carbocycles. The smallest absolute Gasteiger partial charge is 0.256 e. The van der Waals surface area contributed by atoms with Gasteiger partial charge in [0.2, 0.25) is 0 Å². The molecular formula is C20H15BrN2O2. The van der Waals surface area contributed by atoms with Gasteiger partial charge in [0.25, 0.3) is 11.8 Å². The number of hydrogen-bond acceptors (Lipinski definition) is 2. The molecule has 0 unspecified atom stereocenters. The molecule has 3 rings (SSSR count). The van der Waals surface area contributed by atoms with Gasteiger partial charge in [0.1, 0.15) is 0 Å². The summed E-state index contributed by atoms with van der Waals surface area (Å²) in [6.07, 6.45) is 0. The van der Waals surface area contributed by atoms with Gasteiger partial charge in [-0.05, 0) is 58.4 Å². The summed E-state index contributed by atoms with van der Waals surface area (Å²) in [6.45, 7) is 0. The van der Waals surface area contributed by atoms with Crippen molar-refractivity contribution in [1.82, 2.24) is 0 Å². The third-order valence-electron chi connectivity index (χ3n) is 3.53. The second kappa shape index (κ2) is 7.77. The summed E-state index contributed by atoms with van der Waals surface area (Å²) in [5.41, 5.74) is 2.33. The van der Waals surface area contributed by atoms with Crippen molar-refractivity contribution in [2.75, 3.05) is 10.6 Å². The monoisotopic (exact) mass is 394 g/mol. The summed E-state index contributed by atoms with van der Waals surface area (Å²) < 4.78 is 0.723. The minimum atomic E-state index is -0.223. The zero-order chi connectivity index (χ0) is 17.6. The van der Waals surface area contributed by atoms with Crippen molar-refractivity contribution in [3.8, 4) is 0 Å². The minimum absolute atomic E-state index is 0.199. The van der Waals surface area contributed by atoms with Crippen molar-refractivity contribution in [2.24, 2.45) is 0 Å². The lowest BCUT2D eigenvalue weighted by atomic mass is 10.2. The molecule has 0 atom stereocenters. The van der Waals surface area contributed by atoms with E-state index in [1.807, 2.05) is 30.3 Å². The number of nitrogens with one attached hydrogen (secondary N) is 2. The van der Waals surface area contributed by atoms with Crippen LogP contribution in [-0.2, 0) is 0 Å². The number of carbonyl (C=O) groups is 2. The Labute approximate surface area is 154 Å². The van der Waals surface area contributed by atoms with Crippen molar-refractivity contribution in [3.05, 3.63) is 94.5 Å². The number of benzene rings is 3. The molecule has 0 aliphatic rings. The summed E-state index contributed by atoms with van der Waals surface area (Å²) in [7, 11) is 0. The van der Waals surface area contributed by atoms with Gasteiger partial charge in [0.05, 0.1) is 5.56 Å². The van der Waals surface area contributed by atoms with Crippen molar-refractivity contribution in [2.45, 2.75) is 0 Å². The summed E-state index contributed by atoms with van der Waals surface area (Å²) in [5, 5.41) is 5.66. The number of halogens is 1. The molecular weight excluding hydrogens is 380 g/mol. The molecule has 124 valence electrons. The van der Waals surface area contributed by atoms with Gasteiger partial charge >= 0.3 is 0 Å². The van der Waals surface area contributed by atoms with E-state index in [-0.39, 0.29) is 11.8 Å². The van der Waals surface area contributed by atoms with Crippen molar-refractivity contribution in [3.63, 3.8) is 0 Å². The fourth-order valence-corrected chi connectivity index (χ4v) is 2.78. The highest BCUT2D eigenvalue weighted by atomic mass is 79.9. The first-order chi connectivity index (χ1) is 12.1. The summed E-state index contributed by atoms with van der Waals surface area (Å²) in [6, 6.07) is 23.2. The lowest BCUT2D eigenvalue weighted by Gasteiger charge is -2.10. The average Bonchev–Trinajstić information content (AvgIpc) is 2.63. The Hall–Kier alpha value is -2.92. The van der Waals surface area contributed by atoms with Crippen LogP contribution in [0.3, 0.4) is 0 Å². The Balaban J connectivity index is 1.72. The predicted octanol–water partition coefficient (Wildman–Crippen LogP) is 4.95. The molecule has 2 N–H and O–H groups in total. The number of carbonyl (C=O) groups excluding carboxylic acids is 2. The molecule has 0 aromatic heterocycles. The van der Waals surface area contributed by atoms with Crippen molar-refractivity contribution >= 4 is 39.1 Å². The maximum absolute atomic E-state index is 12.4. The second-order valence-corrected chi connectivity index (χ2v) is 6.19. The van der Waals surface area contributed by atoms with Crippen LogP contribution in [0.4, 0.5) is 11.4 Å². The van der Waals surface area contributed by atoms with E-state index in [1.54, 1.807) is 48.5 Å². The Morgan fingerprint density at radius 2 is 1.28 bits per heavy atom. The molecule has 25 heavy (non-hydrogen) atoms. The summed E-state index contributed by atoms with van der Waals surface area (Å²) in [5.74, 6) is -0.422. The Morgan fingerprint density at radius 1 is 0.680 bits per heavy atom. The van der Waals surface area contributed by atoms with Crippen LogP contribution in [0.5, 0.6) is 0 Å².